The zero-order chi connectivity index (χ0) is 8.27. The second-order valence-electron chi connectivity index (χ2n) is 3.22. The van der Waals surface area contributed by atoms with E-state index in [1.165, 1.54) is 0 Å². The summed E-state index contributed by atoms with van der Waals surface area (Å²) in [7, 11) is 0. The molecule has 0 amide bonds. The summed E-state index contributed by atoms with van der Waals surface area (Å²) in [5.74, 6) is 0.325. The largest absolute Gasteiger partial charge is 0.151 e. The highest BCUT2D eigenvalue weighted by Crippen LogP contribution is 2.28. The average molecular weight is 156 g/mol. The second-order valence-corrected chi connectivity index (χ2v) is 3.22. The fraction of sp³-hybridized carbons (Fsp3) is 1.00. The van der Waals surface area contributed by atoms with E-state index in [0.29, 0.717) is 12.3 Å². The Balaban J connectivity index is 2.50. The Labute approximate surface area is 65.3 Å². The Morgan fingerprint density at radius 3 is 2.45 bits per heavy atom. The summed E-state index contributed by atoms with van der Waals surface area (Å²) in [6.07, 6.45) is 2.26. The maximum absolute atomic E-state index is 10.2. The van der Waals surface area contributed by atoms with Crippen LogP contribution in [-0.4, -0.2) is 12.1 Å². The van der Waals surface area contributed by atoms with E-state index in [2.05, 4.69) is 10.4 Å². The van der Waals surface area contributed by atoms with Crippen LogP contribution in [0.5, 0.6) is 0 Å². The van der Waals surface area contributed by atoms with Crippen LogP contribution >= 0.6 is 0 Å². The molecule has 4 heteroatoms. The first-order valence-electron chi connectivity index (χ1n) is 3.93. The molecule has 0 N–H and O–H groups in total. The molecule has 1 aliphatic carbocycles. The molecule has 0 saturated heterocycles. The fourth-order valence-electron chi connectivity index (χ4n) is 1.52. The quantitative estimate of drug-likeness (QED) is 0.574. The van der Waals surface area contributed by atoms with Crippen LogP contribution in [0.3, 0.4) is 0 Å². The summed E-state index contributed by atoms with van der Waals surface area (Å²) in [5.41, 5.74) is 0. The summed E-state index contributed by atoms with van der Waals surface area (Å²) >= 11 is 0. The number of nitroso groups, excluding NO2 is 2. The molecule has 0 spiro atoms. The van der Waals surface area contributed by atoms with Crippen molar-refractivity contribution in [2.24, 2.45) is 16.3 Å². The molecule has 0 aromatic carbocycles. The normalized spacial score (nSPS) is 38.1. The Morgan fingerprint density at radius 1 is 1.18 bits per heavy atom. The molecule has 1 fully saturated rings. The molecule has 0 aromatic heterocycles. The predicted molar refractivity (Wildman–Crippen MR) is 42.2 cm³/mol. The minimum atomic E-state index is -0.188. The number of hydrogen-bond donors (Lipinski definition) is 0. The zero-order valence-corrected chi connectivity index (χ0v) is 6.56. The predicted octanol–water partition coefficient (Wildman–Crippen LogP) is 2.08. The fourth-order valence-corrected chi connectivity index (χ4v) is 1.52. The number of rotatable bonds is 2. The highest BCUT2D eigenvalue weighted by molar-refractivity contribution is 4.85. The first-order valence-corrected chi connectivity index (χ1v) is 3.93. The molecular weight excluding hydrogens is 144 g/mol. The molecule has 0 aliphatic heterocycles. The van der Waals surface area contributed by atoms with E-state index in [9.17, 15) is 9.81 Å². The average Bonchev–Trinajstić information content (AvgIpc) is 2.05. The van der Waals surface area contributed by atoms with Crippen LogP contribution < -0.4 is 0 Å². The Morgan fingerprint density at radius 2 is 1.91 bits per heavy atom. The molecule has 1 aliphatic rings. The molecule has 3 atom stereocenters. The Hall–Kier alpha value is -0.800. The zero-order valence-electron chi connectivity index (χ0n) is 6.56. The third-order valence-electron chi connectivity index (χ3n) is 2.41. The summed E-state index contributed by atoms with van der Waals surface area (Å²) in [5, 5.41) is 5.91. The molecular formula is C7H12N2O2. The lowest BCUT2D eigenvalue weighted by molar-refractivity contribution is 0.301. The Kier molecular flexibility index (Phi) is 2.68. The van der Waals surface area contributed by atoms with Crippen molar-refractivity contribution in [3.63, 3.8) is 0 Å². The topological polar surface area (TPSA) is 58.9 Å². The van der Waals surface area contributed by atoms with Gasteiger partial charge in [-0.2, -0.15) is 9.81 Å². The van der Waals surface area contributed by atoms with Gasteiger partial charge in [-0.25, -0.2) is 0 Å². The van der Waals surface area contributed by atoms with E-state index in [0.717, 1.165) is 12.8 Å². The lowest BCUT2D eigenvalue weighted by Crippen LogP contribution is -2.27. The maximum atomic E-state index is 10.2. The third-order valence-corrected chi connectivity index (χ3v) is 2.41. The molecule has 0 heterocycles. The summed E-state index contributed by atoms with van der Waals surface area (Å²) < 4.78 is 0. The monoisotopic (exact) mass is 156 g/mol. The summed E-state index contributed by atoms with van der Waals surface area (Å²) in [6, 6.07) is -0.361. The minimum absolute atomic E-state index is 0.172. The highest BCUT2D eigenvalue weighted by Gasteiger charge is 2.28. The molecule has 3 unspecified atom stereocenters. The summed E-state index contributed by atoms with van der Waals surface area (Å²) in [4.78, 5) is 20.4. The van der Waals surface area contributed by atoms with Crippen molar-refractivity contribution in [2.45, 2.75) is 38.3 Å². The van der Waals surface area contributed by atoms with Gasteiger partial charge in [-0.15, -0.1) is 0 Å². The van der Waals surface area contributed by atoms with Crippen molar-refractivity contribution in [3.05, 3.63) is 9.81 Å². The van der Waals surface area contributed by atoms with Gasteiger partial charge in [-0.05, 0) is 25.2 Å². The van der Waals surface area contributed by atoms with Crippen molar-refractivity contribution in [2.75, 3.05) is 0 Å². The Bertz CT molecular complexity index is 161. The maximum Gasteiger partial charge on any atom is 0.0966 e. The lowest BCUT2D eigenvalue weighted by Gasteiger charge is -2.25. The molecule has 0 bridgehead atoms. The molecule has 1 rings (SSSR count). The molecule has 11 heavy (non-hydrogen) atoms. The van der Waals surface area contributed by atoms with Gasteiger partial charge in [0.2, 0.25) is 0 Å². The van der Waals surface area contributed by atoms with Crippen LogP contribution in [0.25, 0.3) is 0 Å². The van der Waals surface area contributed by atoms with Gasteiger partial charge < -0.3 is 0 Å². The van der Waals surface area contributed by atoms with E-state index in [1.54, 1.807) is 0 Å². The van der Waals surface area contributed by atoms with Gasteiger partial charge in [-0.3, -0.25) is 0 Å². The standard InChI is InChI=1S/C7H12N2O2/c1-5-2-3-6(8-10)4-7(5)9-11/h5-7H,2-4H2,1H3. The van der Waals surface area contributed by atoms with E-state index in [-0.39, 0.29) is 12.1 Å². The minimum Gasteiger partial charge on any atom is -0.151 e. The van der Waals surface area contributed by atoms with Crippen molar-refractivity contribution in [1.82, 2.24) is 0 Å². The highest BCUT2D eigenvalue weighted by atomic mass is 16.3. The summed E-state index contributed by atoms with van der Waals surface area (Å²) in [6.45, 7) is 1.99. The van der Waals surface area contributed by atoms with Crippen molar-refractivity contribution >= 4 is 0 Å². The lowest BCUT2D eigenvalue weighted by atomic mass is 9.84. The van der Waals surface area contributed by atoms with Crippen LogP contribution in [0.2, 0.25) is 0 Å². The van der Waals surface area contributed by atoms with Gasteiger partial charge in [0.05, 0.1) is 12.1 Å². The molecule has 0 aromatic rings. The van der Waals surface area contributed by atoms with Crippen LogP contribution in [0.1, 0.15) is 26.2 Å². The van der Waals surface area contributed by atoms with Gasteiger partial charge in [0.15, 0.2) is 0 Å². The van der Waals surface area contributed by atoms with E-state index in [4.69, 9.17) is 0 Å². The van der Waals surface area contributed by atoms with Crippen molar-refractivity contribution < 1.29 is 0 Å². The third kappa shape index (κ3) is 1.82. The molecule has 62 valence electrons. The van der Waals surface area contributed by atoms with Gasteiger partial charge >= 0.3 is 0 Å². The first-order chi connectivity index (χ1) is 5.27. The first kappa shape index (κ1) is 8.30. The van der Waals surface area contributed by atoms with Gasteiger partial charge in [0.1, 0.15) is 0 Å². The van der Waals surface area contributed by atoms with Gasteiger partial charge in [0.25, 0.3) is 0 Å². The van der Waals surface area contributed by atoms with Crippen LogP contribution in [0.4, 0.5) is 0 Å². The van der Waals surface area contributed by atoms with E-state index in [1.807, 2.05) is 6.92 Å². The molecule has 4 nitrogen and oxygen atoms in total. The van der Waals surface area contributed by atoms with Gasteiger partial charge in [0, 0.05) is 0 Å². The van der Waals surface area contributed by atoms with Gasteiger partial charge in [-0.1, -0.05) is 17.3 Å². The molecule has 0 radical (unpaired) electrons. The van der Waals surface area contributed by atoms with Crippen LogP contribution in [0, 0.1) is 15.7 Å². The van der Waals surface area contributed by atoms with Crippen molar-refractivity contribution in [1.29, 1.82) is 0 Å². The van der Waals surface area contributed by atoms with E-state index >= 15 is 0 Å². The SMILES string of the molecule is CC1CCC(N=O)CC1N=O. The second kappa shape index (κ2) is 3.55. The number of nitrogens with zero attached hydrogens (tertiary/aromatic N) is 2. The van der Waals surface area contributed by atoms with E-state index < -0.39 is 0 Å². The van der Waals surface area contributed by atoms with Crippen LogP contribution in [0.15, 0.2) is 10.4 Å². The number of hydrogen-bond acceptors (Lipinski definition) is 4. The van der Waals surface area contributed by atoms with Crippen LogP contribution in [-0.2, 0) is 0 Å². The smallest absolute Gasteiger partial charge is 0.0966 e. The molecule has 1 saturated carbocycles. The van der Waals surface area contributed by atoms with Crippen molar-refractivity contribution in [3.8, 4) is 0 Å².